The number of hydrogen-bond donors (Lipinski definition) is 2. The van der Waals surface area contributed by atoms with Gasteiger partial charge in [-0.15, -0.1) is 0 Å². The Morgan fingerprint density at radius 1 is 1.41 bits per heavy atom. The third-order valence-electron chi connectivity index (χ3n) is 4.64. The summed E-state index contributed by atoms with van der Waals surface area (Å²) < 4.78 is 0. The molecule has 0 fully saturated rings. The van der Waals surface area contributed by atoms with E-state index in [4.69, 9.17) is 0 Å². The molecule has 4 heteroatoms. The van der Waals surface area contributed by atoms with E-state index in [0.717, 1.165) is 19.3 Å². The molecule has 1 atom stereocenters. The van der Waals surface area contributed by atoms with Gasteiger partial charge in [-0.25, -0.2) is 0 Å². The molecule has 2 N–H and O–H groups in total. The highest BCUT2D eigenvalue weighted by atomic mass is 16.3. The molecule has 1 aromatic rings. The van der Waals surface area contributed by atoms with Gasteiger partial charge in [-0.3, -0.25) is 9.69 Å². The van der Waals surface area contributed by atoms with Crippen LogP contribution in [0.1, 0.15) is 50.8 Å². The second kappa shape index (κ2) is 7.25. The van der Waals surface area contributed by atoms with Crippen molar-refractivity contribution < 1.29 is 9.90 Å². The molecule has 1 aliphatic rings. The van der Waals surface area contributed by atoms with Crippen LogP contribution in [0.5, 0.6) is 0 Å². The minimum atomic E-state index is -0.185. The molecule has 0 heterocycles. The van der Waals surface area contributed by atoms with E-state index in [9.17, 15) is 9.90 Å². The van der Waals surface area contributed by atoms with Crippen molar-refractivity contribution in [1.82, 2.24) is 10.2 Å². The monoisotopic (exact) mass is 304 g/mol. The first-order chi connectivity index (χ1) is 10.5. The van der Waals surface area contributed by atoms with Gasteiger partial charge in [0, 0.05) is 18.1 Å². The van der Waals surface area contributed by atoms with Gasteiger partial charge in [-0.05, 0) is 44.2 Å². The van der Waals surface area contributed by atoms with Crippen LogP contribution in [-0.4, -0.2) is 41.1 Å². The predicted octanol–water partition coefficient (Wildman–Crippen LogP) is 2.27. The Labute approximate surface area is 133 Å². The van der Waals surface area contributed by atoms with Crippen molar-refractivity contribution in [3.8, 4) is 0 Å². The zero-order valence-electron chi connectivity index (χ0n) is 13.9. The number of benzene rings is 1. The van der Waals surface area contributed by atoms with Crippen molar-refractivity contribution in [3.63, 3.8) is 0 Å². The van der Waals surface area contributed by atoms with E-state index >= 15 is 0 Å². The van der Waals surface area contributed by atoms with Crippen molar-refractivity contribution >= 4 is 5.91 Å². The maximum Gasteiger partial charge on any atom is 0.234 e. The number of fused-ring (bicyclic) bond motifs is 1. The Morgan fingerprint density at radius 2 is 2.14 bits per heavy atom. The summed E-state index contributed by atoms with van der Waals surface area (Å²) in [4.78, 5) is 14.4. The first kappa shape index (κ1) is 17.0. The summed E-state index contributed by atoms with van der Waals surface area (Å²) in [7, 11) is 0. The molecule has 0 bridgehead atoms. The van der Waals surface area contributed by atoms with Crippen LogP contribution in [0.2, 0.25) is 0 Å². The average Bonchev–Trinajstić information content (AvgIpc) is 2.90. The van der Waals surface area contributed by atoms with Crippen LogP contribution >= 0.6 is 0 Å². The minimum absolute atomic E-state index is 0.0321. The van der Waals surface area contributed by atoms with E-state index in [1.165, 1.54) is 11.1 Å². The van der Waals surface area contributed by atoms with E-state index in [-0.39, 0.29) is 24.1 Å². The van der Waals surface area contributed by atoms with Crippen LogP contribution in [0, 0.1) is 0 Å². The van der Waals surface area contributed by atoms with Crippen LogP contribution in [0.4, 0.5) is 0 Å². The van der Waals surface area contributed by atoms with E-state index in [1.807, 2.05) is 13.8 Å². The minimum Gasteiger partial charge on any atom is -0.395 e. The summed E-state index contributed by atoms with van der Waals surface area (Å²) in [6.45, 7) is 7.07. The second-order valence-corrected chi connectivity index (χ2v) is 6.73. The van der Waals surface area contributed by atoms with Gasteiger partial charge < -0.3 is 10.4 Å². The number of rotatable bonds is 7. The Morgan fingerprint density at radius 3 is 2.82 bits per heavy atom. The lowest BCUT2D eigenvalue weighted by molar-refractivity contribution is -0.124. The van der Waals surface area contributed by atoms with Gasteiger partial charge in [0.1, 0.15) is 0 Å². The average molecular weight is 304 g/mol. The number of nitrogens with zero attached hydrogens (tertiary/aromatic N) is 1. The van der Waals surface area contributed by atoms with Crippen molar-refractivity contribution in [3.05, 3.63) is 35.4 Å². The summed E-state index contributed by atoms with van der Waals surface area (Å²) in [5.74, 6) is 0.0321. The molecule has 0 aromatic heterocycles. The third-order valence-corrected chi connectivity index (χ3v) is 4.64. The highest BCUT2D eigenvalue weighted by molar-refractivity contribution is 5.78. The van der Waals surface area contributed by atoms with E-state index in [0.29, 0.717) is 13.1 Å². The fraction of sp³-hybridized carbons (Fsp3) is 0.611. The zero-order chi connectivity index (χ0) is 16.2. The molecule has 1 aromatic carbocycles. The summed E-state index contributed by atoms with van der Waals surface area (Å²) in [5.41, 5.74) is 2.48. The molecule has 1 unspecified atom stereocenters. The molecule has 22 heavy (non-hydrogen) atoms. The Kier molecular flexibility index (Phi) is 5.59. The number of carbonyl (C=O) groups excluding carboxylic acids is 1. The fourth-order valence-electron chi connectivity index (χ4n) is 3.08. The normalized spacial score (nSPS) is 17.6. The number of aliphatic hydroxyl groups is 1. The highest BCUT2D eigenvalue weighted by Crippen LogP contribution is 2.35. The number of aliphatic hydroxyl groups excluding tert-OH is 1. The van der Waals surface area contributed by atoms with Crippen LogP contribution in [0.3, 0.4) is 0 Å². The predicted molar refractivity (Wildman–Crippen MR) is 88.7 cm³/mol. The molecule has 0 saturated heterocycles. The molecular formula is C18H28N2O2. The highest BCUT2D eigenvalue weighted by Gasteiger charge is 2.29. The van der Waals surface area contributed by atoms with Gasteiger partial charge in [0.25, 0.3) is 0 Å². The van der Waals surface area contributed by atoms with E-state index < -0.39 is 0 Å². The SMILES string of the molecule is CCC(C)(C)NC(=O)CN(CCO)C1CCc2ccccc21. The van der Waals surface area contributed by atoms with Gasteiger partial charge in [0.15, 0.2) is 0 Å². The summed E-state index contributed by atoms with van der Waals surface area (Å²) in [6, 6.07) is 8.65. The molecule has 0 saturated carbocycles. The van der Waals surface area contributed by atoms with Gasteiger partial charge in [0.05, 0.1) is 13.2 Å². The van der Waals surface area contributed by atoms with Gasteiger partial charge >= 0.3 is 0 Å². The first-order valence-electron chi connectivity index (χ1n) is 8.20. The lowest BCUT2D eigenvalue weighted by atomic mass is 10.0. The first-order valence-corrected chi connectivity index (χ1v) is 8.20. The Bertz CT molecular complexity index is 514. The van der Waals surface area contributed by atoms with Crippen molar-refractivity contribution in [2.45, 2.75) is 51.6 Å². The third kappa shape index (κ3) is 4.08. The fourth-order valence-corrected chi connectivity index (χ4v) is 3.08. The molecule has 0 spiro atoms. The van der Waals surface area contributed by atoms with Crippen molar-refractivity contribution in [2.24, 2.45) is 0 Å². The summed E-state index contributed by atoms with van der Waals surface area (Å²) in [5, 5.41) is 12.4. The van der Waals surface area contributed by atoms with Crippen molar-refractivity contribution in [2.75, 3.05) is 19.7 Å². The largest absolute Gasteiger partial charge is 0.395 e. The molecule has 2 rings (SSSR count). The van der Waals surface area contributed by atoms with Gasteiger partial charge in [-0.1, -0.05) is 31.2 Å². The van der Waals surface area contributed by atoms with Crippen LogP contribution in [0.25, 0.3) is 0 Å². The van der Waals surface area contributed by atoms with Gasteiger partial charge in [0.2, 0.25) is 5.91 Å². The number of aryl methyl sites for hydroxylation is 1. The molecule has 1 aliphatic carbocycles. The standard InChI is InChI=1S/C18H28N2O2/c1-4-18(2,3)19-17(22)13-20(11-12-21)16-10-9-14-7-5-6-8-15(14)16/h5-8,16,21H,4,9-13H2,1-3H3,(H,19,22). The zero-order valence-corrected chi connectivity index (χ0v) is 13.9. The number of hydrogen-bond acceptors (Lipinski definition) is 3. The van der Waals surface area contributed by atoms with Gasteiger partial charge in [-0.2, -0.15) is 0 Å². The molecule has 122 valence electrons. The topological polar surface area (TPSA) is 52.6 Å². The number of nitrogens with one attached hydrogen (secondary N) is 1. The molecular weight excluding hydrogens is 276 g/mol. The Hall–Kier alpha value is -1.39. The van der Waals surface area contributed by atoms with Crippen LogP contribution < -0.4 is 5.32 Å². The smallest absolute Gasteiger partial charge is 0.234 e. The second-order valence-electron chi connectivity index (χ2n) is 6.73. The number of carbonyl (C=O) groups is 1. The lowest BCUT2D eigenvalue weighted by Crippen LogP contribution is -2.48. The maximum atomic E-state index is 12.3. The molecule has 0 aliphatic heterocycles. The van der Waals surface area contributed by atoms with E-state index in [2.05, 4.69) is 41.4 Å². The van der Waals surface area contributed by atoms with Crippen LogP contribution in [-0.2, 0) is 11.2 Å². The summed E-state index contributed by atoms with van der Waals surface area (Å²) >= 11 is 0. The quantitative estimate of drug-likeness (QED) is 0.812. The molecule has 4 nitrogen and oxygen atoms in total. The van der Waals surface area contributed by atoms with Crippen LogP contribution in [0.15, 0.2) is 24.3 Å². The Balaban J connectivity index is 2.06. The van der Waals surface area contributed by atoms with E-state index in [1.54, 1.807) is 0 Å². The molecule has 1 amide bonds. The number of amides is 1. The maximum absolute atomic E-state index is 12.3. The summed E-state index contributed by atoms with van der Waals surface area (Å²) in [6.07, 6.45) is 2.96. The van der Waals surface area contributed by atoms with Crippen molar-refractivity contribution in [1.29, 1.82) is 0 Å². The molecule has 0 radical (unpaired) electrons. The lowest BCUT2D eigenvalue weighted by Gasteiger charge is -2.31.